The maximum absolute atomic E-state index is 12.4. The molecule has 3 rings (SSSR count). The third-order valence-electron chi connectivity index (χ3n) is 5.00. The highest BCUT2D eigenvalue weighted by molar-refractivity contribution is 9.10. The molecule has 4 nitrogen and oxygen atoms in total. The number of hydrazone groups is 1. The van der Waals surface area contributed by atoms with Crippen molar-refractivity contribution >= 4 is 39.8 Å². The Morgan fingerprint density at radius 3 is 2.47 bits per heavy atom. The van der Waals surface area contributed by atoms with Crippen molar-refractivity contribution in [2.24, 2.45) is 5.10 Å². The summed E-state index contributed by atoms with van der Waals surface area (Å²) < 4.78 is 3.19. The first-order valence-electron chi connectivity index (χ1n) is 9.79. The van der Waals surface area contributed by atoms with Crippen LogP contribution in [0.15, 0.2) is 63.0 Å². The zero-order chi connectivity index (χ0) is 21.8. The number of carbonyl (C=O) groups is 1. The number of halogens is 1. The lowest BCUT2D eigenvalue weighted by molar-refractivity contribution is -0.120. The van der Waals surface area contributed by atoms with E-state index in [-0.39, 0.29) is 11.2 Å². The van der Waals surface area contributed by atoms with Crippen LogP contribution in [-0.2, 0) is 4.79 Å². The lowest BCUT2D eigenvalue weighted by atomic mass is 10.1. The summed E-state index contributed by atoms with van der Waals surface area (Å²) in [5.41, 5.74) is 9.39. The molecule has 0 saturated heterocycles. The normalized spacial score (nSPS) is 12.3. The van der Waals surface area contributed by atoms with Crippen LogP contribution in [0.25, 0.3) is 5.69 Å². The van der Waals surface area contributed by atoms with Crippen molar-refractivity contribution in [3.8, 4) is 5.69 Å². The highest BCUT2D eigenvalue weighted by Crippen LogP contribution is 2.31. The van der Waals surface area contributed by atoms with E-state index in [2.05, 4.69) is 76.9 Å². The molecule has 1 atom stereocenters. The van der Waals surface area contributed by atoms with E-state index in [1.165, 1.54) is 22.9 Å². The largest absolute Gasteiger partial charge is 0.316 e. The van der Waals surface area contributed by atoms with Crippen LogP contribution >= 0.6 is 27.7 Å². The van der Waals surface area contributed by atoms with Gasteiger partial charge in [-0.25, -0.2) is 5.43 Å². The van der Waals surface area contributed by atoms with Crippen molar-refractivity contribution < 1.29 is 4.79 Å². The predicted octanol–water partition coefficient (Wildman–Crippen LogP) is 6.10. The molecule has 0 aliphatic heterocycles. The SMILES string of the molecule is Cc1ccc(-n2c(C)c(Br)c(/C=N\NC(=O)[C@@H](C)Sc3ccccc3)c2C)c(C)c1. The molecule has 0 radical (unpaired) electrons. The van der Waals surface area contributed by atoms with Gasteiger partial charge in [0.2, 0.25) is 0 Å². The van der Waals surface area contributed by atoms with Crippen LogP contribution in [0.4, 0.5) is 0 Å². The van der Waals surface area contributed by atoms with E-state index in [4.69, 9.17) is 0 Å². The Bertz CT molecular complexity index is 1090. The monoisotopic (exact) mass is 483 g/mol. The number of nitrogens with one attached hydrogen (secondary N) is 1. The smallest absolute Gasteiger partial charge is 0.253 e. The number of rotatable bonds is 6. The van der Waals surface area contributed by atoms with Crippen molar-refractivity contribution in [1.29, 1.82) is 0 Å². The van der Waals surface area contributed by atoms with Crippen LogP contribution in [0.2, 0.25) is 0 Å². The van der Waals surface area contributed by atoms with Gasteiger partial charge in [-0.1, -0.05) is 35.9 Å². The zero-order valence-electron chi connectivity index (χ0n) is 17.9. The highest BCUT2D eigenvalue weighted by atomic mass is 79.9. The number of benzene rings is 2. The number of nitrogens with zero attached hydrogens (tertiary/aromatic N) is 2. The molecule has 1 heterocycles. The van der Waals surface area contributed by atoms with Crippen LogP contribution < -0.4 is 5.43 Å². The molecule has 0 spiro atoms. The lowest BCUT2D eigenvalue weighted by Gasteiger charge is -2.13. The van der Waals surface area contributed by atoms with Gasteiger partial charge < -0.3 is 4.57 Å². The van der Waals surface area contributed by atoms with Crippen molar-refractivity contribution in [2.45, 2.75) is 44.8 Å². The average molecular weight is 484 g/mol. The summed E-state index contributed by atoms with van der Waals surface area (Å²) in [5, 5.41) is 3.99. The maximum atomic E-state index is 12.4. The average Bonchev–Trinajstić information content (AvgIpc) is 2.92. The first-order chi connectivity index (χ1) is 14.3. The Labute approximate surface area is 190 Å². The number of thioether (sulfide) groups is 1. The zero-order valence-corrected chi connectivity index (χ0v) is 20.3. The van der Waals surface area contributed by atoms with E-state index in [9.17, 15) is 4.79 Å². The van der Waals surface area contributed by atoms with Crippen molar-refractivity contribution in [1.82, 2.24) is 9.99 Å². The van der Waals surface area contributed by atoms with Gasteiger partial charge >= 0.3 is 0 Å². The molecule has 30 heavy (non-hydrogen) atoms. The summed E-state index contributed by atoms with van der Waals surface area (Å²) in [6.07, 6.45) is 1.71. The second-order valence-electron chi connectivity index (χ2n) is 7.33. The minimum absolute atomic E-state index is 0.126. The Morgan fingerprint density at radius 2 is 1.80 bits per heavy atom. The van der Waals surface area contributed by atoms with Crippen LogP contribution in [-0.4, -0.2) is 21.9 Å². The molecule has 0 saturated carbocycles. The first-order valence-corrected chi connectivity index (χ1v) is 11.5. The number of amides is 1. The summed E-state index contributed by atoms with van der Waals surface area (Å²) in [6.45, 7) is 10.2. The minimum atomic E-state index is -0.240. The fourth-order valence-electron chi connectivity index (χ4n) is 3.40. The highest BCUT2D eigenvalue weighted by Gasteiger charge is 2.18. The Morgan fingerprint density at radius 1 is 1.10 bits per heavy atom. The molecule has 156 valence electrons. The van der Waals surface area contributed by atoms with Gasteiger partial charge in [0, 0.05) is 32.0 Å². The number of hydrogen-bond acceptors (Lipinski definition) is 3. The van der Waals surface area contributed by atoms with Gasteiger partial charge in [-0.15, -0.1) is 11.8 Å². The fraction of sp³-hybridized carbons (Fsp3) is 0.250. The van der Waals surface area contributed by atoms with E-state index < -0.39 is 0 Å². The van der Waals surface area contributed by atoms with Crippen LogP contribution in [0.5, 0.6) is 0 Å². The van der Waals surface area contributed by atoms with Gasteiger partial charge in [0.25, 0.3) is 5.91 Å². The second-order valence-corrected chi connectivity index (χ2v) is 9.54. The molecule has 2 aromatic carbocycles. The summed E-state index contributed by atoms with van der Waals surface area (Å²) in [6, 6.07) is 16.3. The summed E-state index contributed by atoms with van der Waals surface area (Å²) in [5.74, 6) is -0.126. The number of aromatic nitrogens is 1. The van der Waals surface area contributed by atoms with Gasteiger partial charge in [0.15, 0.2) is 0 Å². The van der Waals surface area contributed by atoms with Gasteiger partial charge in [-0.2, -0.15) is 5.10 Å². The third kappa shape index (κ3) is 4.87. The summed E-state index contributed by atoms with van der Waals surface area (Å²) in [7, 11) is 0. The van der Waals surface area contributed by atoms with Crippen molar-refractivity contribution in [3.63, 3.8) is 0 Å². The summed E-state index contributed by atoms with van der Waals surface area (Å²) >= 11 is 5.21. The van der Waals surface area contributed by atoms with Crippen molar-refractivity contribution in [3.05, 3.63) is 81.1 Å². The van der Waals surface area contributed by atoms with E-state index in [1.54, 1.807) is 6.21 Å². The maximum Gasteiger partial charge on any atom is 0.253 e. The third-order valence-corrected chi connectivity index (χ3v) is 7.11. The van der Waals surface area contributed by atoms with Crippen molar-refractivity contribution in [2.75, 3.05) is 0 Å². The van der Waals surface area contributed by atoms with Gasteiger partial charge in [0.1, 0.15) is 0 Å². The van der Waals surface area contributed by atoms with Crippen LogP contribution in [0.1, 0.15) is 35.0 Å². The molecule has 0 unspecified atom stereocenters. The quantitative estimate of drug-likeness (QED) is 0.261. The van der Waals surface area contributed by atoms with Crippen LogP contribution in [0.3, 0.4) is 0 Å². The number of carbonyl (C=O) groups excluding carboxylic acids is 1. The standard InChI is InChI=1S/C24H26BrN3OS/c1-15-11-12-22(16(2)13-15)28-17(3)21(23(25)18(28)4)14-26-27-24(29)19(5)30-20-9-7-6-8-10-20/h6-14,19H,1-5H3,(H,27,29)/b26-14-/t19-/m1/s1. The topological polar surface area (TPSA) is 46.4 Å². The van der Waals surface area contributed by atoms with Gasteiger partial charge in [-0.3, -0.25) is 4.79 Å². The van der Waals surface area contributed by atoms with Gasteiger partial charge in [0.05, 0.1) is 11.5 Å². The molecule has 0 fully saturated rings. The Balaban J connectivity index is 1.77. The molecular formula is C24H26BrN3OS. The molecule has 0 bridgehead atoms. The van der Waals surface area contributed by atoms with E-state index in [1.807, 2.05) is 37.3 Å². The molecule has 1 amide bonds. The molecule has 0 aliphatic rings. The van der Waals surface area contributed by atoms with E-state index >= 15 is 0 Å². The molecule has 1 N–H and O–H groups in total. The molecule has 0 aliphatic carbocycles. The molecule has 6 heteroatoms. The number of hydrogen-bond donors (Lipinski definition) is 1. The summed E-state index contributed by atoms with van der Waals surface area (Å²) in [4.78, 5) is 13.5. The molecular weight excluding hydrogens is 458 g/mol. The minimum Gasteiger partial charge on any atom is -0.316 e. The molecule has 3 aromatic rings. The lowest BCUT2D eigenvalue weighted by Crippen LogP contribution is -2.26. The Hall–Kier alpha value is -2.31. The fourth-order valence-corrected chi connectivity index (χ4v) is 4.85. The van der Waals surface area contributed by atoms with E-state index in [0.717, 1.165) is 32.0 Å². The van der Waals surface area contributed by atoms with E-state index in [0.29, 0.717) is 0 Å². The number of aryl methyl sites for hydroxylation is 2. The van der Waals surface area contributed by atoms with Gasteiger partial charge in [-0.05, 0) is 74.3 Å². The first kappa shape index (κ1) is 22.4. The predicted molar refractivity (Wildman–Crippen MR) is 130 cm³/mol. The Kier molecular flexibility index (Phi) is 7.21. The molecule has 1 aromatic heterocycles. The van der Waals surface area contributed by atoms with Crippen LogP contribution in [0, 0.1) is 27.7 Å². The second kappa shape index (κ2) is 9.67.